The molecule has 0 saturated heterocycles. The zero-order chi connectivity index (χ0) is 16.3. The van der Waals surface area contributed by atoms with Gasteiger partial charge in [-0.05, 0) is 38.3 Å². The fourth-order valence-electron chi connectivity index (χ4n) is 2.16. The SMILES string of the molecule is CCc1ccc(-c2cc(C)no2)cc1S(=O)(=O)NC(C)CC. The fraction of sp³-hybridized carbons (Fsp3) is 0.438. The average Bonchev–Trinajstić information content (AvgIpc) is 2.92. The summed E-state index contributed by atoms with van der Waals surface area (Å²) in [6, 6.07) is 7.04. The monoisotopic (exact) mass is 322 g/mol. The van der Waals surface area contributed by atoms with E-state index in [-0.39, 0.29) is 6.04 Å². The van der Waals surface area contributed by atoms with E-state index in [1.807, 2.05) is 39.8 Å². The second-order valence-electron chi connectivity index (χ2n) is 5.44. The van der Waals surface area contributed by atoms with Crippen LogP contribution in [-0.4, -0.2) is 19.6 Å². The van der Waals surface area contributed by atoms with Gasteiger partial charge >= 0.3 is 0 Å². The maximum Gasteiger partial charge on any atom is 0.241 e. The number of sulfonamides is 1. The van der Waals surface area contributed by atoms with Crippen LogP contribution >= 0.6 is 0 Å². The molecule has 22 heavy (non-hydrogen) atoms. The summed E-state index contributed by atoms with van der Waals surface area (Å²) in [5.41, 5.74) is 2.26. The van der Waals surface area contributed by atoms with Crippen LogP contribution < -0.4 is 4.72 Å². The molecule has 1 unspecified atom stereocenters. The molecule has 2 rings (SSSR count). The second kappa shape index (κ2) is 6.62. The van der Waals surface area contributed by atoms with Gasteiger partial charge in [-0.3, -0.25) is 0 Å². The van der Waals surface area contributed by atoms with Crippen molar-refractivity contribution < 1.29 is 12.9 Å². The molecule has 5 nitrogen and oxygen atoms in total. The Morgan fingerprint density at radius 3 is 2.55 bits per heavy atom. The minimum Gasteiger partial charge on any atom is -0.356 e. The van der Waals surface area contributed by atoms with E-state index in [2.05, 4.69) is 9.88 Å². The van der Waals surface area contributed by atoms with Crippen LogP contribution in [0.15, 0.2) is 33.7 Å². The van der Waals surface area contributed by atoms with Crippen molar-refractivity contribution in [3.05, 3.63) is 35.5 Å². The van der Waals surface area contributed by atoms with E-state index in [9.17, 15) is 8.42 Å². The van der Waals surface area contributed by atoms with E-state index in [4.69, 9.17) is 4.52 Å². The lowest BCUT2D eigenvalue weighted by atomic mass is 10.1. The Labute approximate surface area is 131 Å². The molecule has 0 amide bonds. The van der Waals surface area contributed by atoms with E-state index in [0.717, 1.165) is 17.7 Å². The van der Waals surface area contributed by atoms with Gasteiger partial charge in [0.2, 0.25) is 10.0 Å². The first-order valence-corrected chi connectivity index (χ1v) is 8.94. The Morgan fingerprint density at radius 2 is 2.00 bits per heavy atom. The lowest BCUT2D eigenvalue weighted by molar-refractivity contribution is 0.427. The molecule has 2 aromatic rings. The molecule has 1 atom stereocenters. The predicted octanol–water partition coefficient (Wildman–Crippen LogP) is 3.29. The second-order valence-corrected chi connectivity index (χ2v) is 7.12. The standard InChI is InChI=1S/C16H22N2O3S/c1-5-11(3)18-22(19,20)16-10-14(8-7-13(16)6-2)15-9-12(4)17-21-15/h7-11,18H,5-6H2,1-4H3. The van der Waals surface area contributed by atoms with Crippen LogP contribution in [-0.2, 0) is 16.4 Å². The van der Waals surface area contributed by atoms with E-state index in [1.54, 1.807) is 12.1 Å². The molecular formula is C16H22N2O3S. The van der Waals surface area contributed by atoms with Gasteiger partial charge in [-0.1, -0.05) is 31.1 Å². The van der Waals surface area contributed by atoms with E-state index in [1.165, 1.54) is 0 Å². The average molecular weight is 322 g/mol. The van der Waals surface area contributed by atoms with Gasteiger partial charge in [-0.15, -0.1) is 0 Å². The van der Waals surface area contributed by atoms with Crippen LogP contribution in [0.3, 0.4) is 0 Å². The van der Waals surface area contributed by atoms with Gasteiger partial charge in [0.15, 0.2) is 5.76 Å². The third-order valence-corrected chi connectivity index (χ3v) is 5.29. The molecular weight excluding hydrogens is 300 g/mol. The van der Waals surface area contributed by atoms with Gasteiger partial charge in [-0.25, -0.2) is 13.1 Å². The number of aromatic nitrogens is 1. The van der Waals surface area contributed by atoms with Crippen LogP contribution in [0, 0.1) is 6.92 Å². The maximum atomic E-state index is 12.6. The first-order chi connectivity index (χ1) is 10.4. The van der Waals surface area contributed by atoms with Crippen molar-refractivity contribution in [3.8, 4) is 11.3 Å². The zero-order valence-corrected chi connectivity index (χ0v) is 14.2. The molecule has 0 saturated carbocycles. The van der Waals surface area contributed by atoms with Crippen molar-refractivity contribution in [2.24, 2.45) is 0 Å². The number of rotatable bonds is 6. The highest BCUT2D eigenvalue weighted by Gasteiger charge is 2.21. The van der Waals surface area contributed by atoms with Crippen LogP contribution in [0.25, 0.3) is 11.3 Å². The number of aryl methyl sites for hydroxylation is 2. The Balaban J connectivity index is 2.49. The number of hydrogen-bond donors (Lipinski definition) is 1. The minimum atomic E-state index is -3.55. The molecule has 120 valence electrons. The van der Waals surface area contributed by atoms with Crippen molar-refractivity contribution in [1.82, 2.24) is 9.88 Å². The van der Waals surface area contributed by atoms with Crippen molar-refractivity contribution in [1.29, 1.82) is 0 Å². The molecule has 0 bridgehead atoms. The number of nitrogens with one attached hydrogen (secondary N) is 1. The van der Waals surface area contributed by atoms with Gasteiger partial charge in [0.05, 0.1) is 10.6 Å². The quantitative estimate of drug-likeness (QED) is 0.886. The van der Waals surface area contributed by atoms with Gasteiger partial charge in [0.25, 0.3) is 0 Å². The van der Waals surface area contributed by atoms with Crippen LogP contribution in [0.2, 0.25) is 0 Å². The minimum absolute atomic E-state index is 0.106. The smallest absolute Gasteiger partial charge is 0.241 e. The van der Waals surface area contributed by atoms with Crippen molar-refractivity contribution in [3.63, 3.8) is 0 Å². The molecule has 6 heteroatoms. The van der Waals surface area contributed by atoms with Crippen LogP contribution in [0.1, 0.15) is 38.4 Å². The molecule has 1 aromatic heterocycles. The van der Waals surface area contributed by atoms with E-state index >= 15 is 0 Å². The fourth-order valence-corrected chi connectivity index (χ4v) is 3.82. The third-order valence-electron chi connectivity index (χ3n) is 3.62. The Morgan fingerprint density at radius 1 is 1.27 bits per heavy atom. The van der Waals surface area contributed by atoms with Gasteiger partial charge in [-0.2, -0.15) is 0 Å². The Kier molecular flexibility index (Phi) is 5.03. The summed E-state index contributed by atoms with van der Waals surface area (Å²) in [5, 5.41) is 3.85. The Bertz CT molecular complexity index is 751. The van der Waals surface area contributed by atoms with Crippen LogP contribution in [0.5, 0.6) is 0 Å². The highest BCUT2D eigenvalue weighted by Crippen LogP contribution is 2.26. The van der Waals surface area contributed by atoms with Crippen molar-refractivity contribution in [2.75, 3.05) is 0 Å². The largest absolute Gasteiger partial charge is 0.356 e. The van der Waals surface area contributed by atoms with Crippen molar-refractivity contribution >= 4 is 10.0 Å². The van der Waals surface area contributed by atoms with Crippen molar-refractivity contribution in [2.45, 2.75) is 51.5 Å². The molecule has 0 fully saturated rings. The zero-order valence-electron chi connectivity index (χ0n) is 13.4. The summed E-state index contributed by atoms with van der Waals surface area (Å²) in [5.74, 6) is 0.570. The highest BCUT2D eigenvalue weighted by molar-refractivity contribution is 7.89. The first kappa shape index (κ1) is 16.7. The summed E-state index contributed by atoms with van der Waals surface area (Å²) in [6.45, 7) is 7.57. The van der Waals surface area contributed by atoms with Gasteiger partial charge < -0.3 is 4.52 Å². The van der Waals surface area contributed by atoms with Gasteiger partial charge in [0.1, 0.15) is 0 Å². The number of benzene rings is 1. The Hall–Kier alpha value is -1.66. The third kappa shape index (κ3) is 3.56. The summed E-state index contributed by atoms with van der Waals surface area (Å²) >= 11 is 0. The maximum absolute atomic E-state index is 12.6. The van der Waals surface area contributed by atoms with Gasteiger partial charge in [0, 0.05) is 17.7 Å². The summed E-state index contributed by atoms with van der Waals surface area (Å²) in [4.78, 5) is 0.307. The van der Waals surface area contributed by atoms with E-state index in [0.29, 0.717) is 22.6 Å². The van der Waals surface area contributed by atoms with E-state index < -0.39 is 10.0 Å². The highest BCUT2D eigenvalue weighted by atomic mass is 32.2. The molecule has 0 aliphatic carbocycles. The lowest BCUT2D eigenvalue weighted by Gasteiger charge is -2.15. The number of hydrogen-bond acceptors (Lipinski definition) is 4. The normalized spacial score (nSPS) is 13.3. The lowest BCUT2D eigenvalue weighted by Crippen LogP contribution is -2.32. The number of nitrogens with zero attached hydrogens (tertiary/aromatic N) is 1. The van der Waals surface area contributed by atoms with Crippen LogP contribution in [0.4, 0.5) is 0 Å². The molecule has 1 N–H and O–H groups in total. The summed E-state index contributed by atoms with van der Waals surface area (Å²) < 4.78 is 33.2. The molecule has 0 aliphatic heterocycles. The topological polar surface area (TPSA) is 72.2 Å². The molecule has 0 radical (unpaired) electrons. The summed E-state index contributed by atoms with van der Waals surface area (Å²) in [7, 11) is -3.55. The summed E-state index contributed by atoms with van der Waals surface area (Å²) in [6.07, 6.45) is 1.38. The molecule has 0 spiro atoms. The molecule has 0 aliphatic rings. The predicted molar refractivity (Wildman–Crippen MR) is 86.1 cm³/mol. The molecule has 1 aromatic carbocycles. The molecule has 1 heterocycles. The first-order valence-electron chi connectivity index (χ1n) is 7.46.